The fraction of sp³-hybridized carbons (Fsp3) is 0. The summed E-state index contributed by atoms with van der Waals surface area (Å²) in [4.78, 5) is 0. The molecule has 0 fully saturated rings. The van der Waals surface area contributed by atoms with Crippen molar-refractivity contribution in [3.63, 3.8) is 0 Å². The minimum Gasteiger partial charge on any atom is -0.734 e. The number of hydrogen-bond acceptors (Lipinski definition) is 9. The van der Waals surface area contributed by atoms with E-state index < -0.39 is 0 Å². The summed E-state index contributed by atoms with van der Waals surface area (Å²) in [6.07, 6.45) is 0. The Morgan fingerprint density at radius 1 is 0.545 bits per heavy atom. The summed E-state index contributed by atoms with van der Waals surface area (Å²) >= 11 is 0. The van der Waals surface area contributed by atoms with Gasteiger partial charge in [-0.25, -0.2) is 0 Å². The predicted octanol–water partition coefficient (Wildman–Crippen LogP) is -8.16. The first-order chi connectivity index (χ1) is 4.24. The molecule has 0 saturated heterocycles. The van der Waals surface area contributed by atoms with Gasteiger partial charge in [0.15, 0.2) is 0 Å². The molecule has 0 amide bonds. The van der Waals surface area contributed by atoms with E-state index in [1.807, 2.05) is 0 Å². The molecule has 10 nitrogen and oxygen atoms in total. The molecular formula is H2O10U-6. The van der Waals surface area contributed by atoms with Gasteiger partial charge in [-0.15, -0.1) is 0 Å². The third-order valence-corrected chi connectivity index (χ3v) is 0. The molecule has 0 saturated carbocycles. The summed E-state index contributed by atoms with van der Waals surface area (Å²) in [5, 5.41) is 52.5. The Hall–Kier alpha value is 0.652. The van der Waals surface area contributed by atoms with Crippen molar-refractivity contribution in [1.29, 1.82) is 0 Å². The van der Waals surface area contributed by atoms with E-state index in [0.717, 1.165) is 0 Å². The van der Waals surface area contributed by atoms with Gasteiger partial charge in [-0.1, -0.05) is 0 Å². The van der Waals surface area contributed by atoms with Crippen molar-refractivity contribution in [3.05, 3.63) is 0 Å². The molecule has 0 aromatic rings. The van der Waals surface area contributed by atoms with E-state index in [1.165, 1.54) is 0 Å². The van der Waals surface area contributed by atoms with Crippen LogP contribution in [0, 0.1) is 31.1 Å². The van der Waals surface area contributed by atoms with E-state index in [1.54, 1.807) is 15.1 Å². The zero-order chi connectivity index (χ0) is 8.12. The molecule has 0 atom stereocenters. The van der Waals surface area contributed by atoms with Crippen LogP contribution in [0.2, 0.25) is 0 Å². The van der Waals surface area contributed by atoms with Crippen LogP contribution < -0.4 is 31.5 Å². The maximum atomic E-state index is 7.88. The van der Waals surface area contributed by atoms with Gasteiger partial charge in [0.1, 0.15) is 0 Å². The molecule has 0 unspecified atom stereocenters. The van der Waals surface area contributed by atoms with E-state index in [2.05, 4.69) is 0 Å². The summed E-state index contributed by atoms with van der Waals surface area (Å²) in [6.45, 7) is 0. The third kappa shape index (κ3) is 1880. The van der Waals surface area contributed by atoms with Crippen LogP contribution >= 0.6 is 0 Å². The van der Waals surface area contributed by atoms with Gasteiger partial charge >= 0.3 is 0 Å². The summed E-state index contributed by atoms with van der Waals surface area (Å²) in [7, 11) is 0. The first kappa shape index (κ1) is 29.9. The second kappa shape index (κ2) is 74.4. The number of rotatable bonds is 0. The fourth-order valence-electron chi connectivity index (χ4n) is 0. The van der Waals surface area contributed by atoms with Crippen molar-refractivity contribution in [2.24, 2.45) is 0 Å². The Morgan fingerprint density at radius 3 is 0.545 bits per heavy atom. The molecule has 0 bridgehead atoms. The zero-order valence-electron chi connectivity index (χ0n) is 4.67. The Labute approximate surface area is 83.4 Å². The average Bonchev–Trinajstić information content (AvgIpc) is 1.70. The topological polar surface area (TPSA) is 198 Å². The largest absolute Gasteiger partial charge is 0.734 e. The Balaban J connectivity index is -0.0000000150. The molecule has 11 heteroatoms. The predicted molar refractivity (Wildman–Crippen MR) is 6.87 cm³/mol. The van der Waals surface area contributed by atoms with Crippen molar-refractivity contribution >= 4 is 0 Å². The maximum absolute atomic E-state index is 7.88. The van der Waals surface area contributed by atoms with Gasteiger partial charge in [0.2, 0.25) is 0 Å². The van der Waals surface area contributed by atoms with Gasteiger partial charge in [-0.05, 0) is 0 Å². The van der Waals surface area contributed by atoms with Gasteiger partial charge < -0.3 is 52.1 Å². The van der Waals surface area contributed by atoms with Crippen molar-refractivity contribution in [2.75, 3.05) is 0 Å². The van der Waals surface area contributed by atoms with Gasteiger partial charge in [-0.2, -0.15) is 0 Å². The smallest absolute Gasteiger partial charge is 0 e. The zero-order valence-corrected chi connectivity index (χ0v) is 8.84. The third-order valence-electron chi connectivity index (χ3n) is 0. The van der Waals surface area contributed by atoms with E-state index in [0.29, 0.717) is 0 Å². The van der Waals surface area contributed by atoms with Crippen molar-refractivity contribution in [1.82, 2.24) is 0 Å². The molecule has 0 aromatic carbocycles. The van der Waals surface area contributed by atoms with Crippen LogP contribution in [0.3, 0.4) is 0 Å². The Morgan fingerprint density at radius 2 is 0.545 bits per heavy atom. The molecule has 0 radical (unpaired) electrons. The molecule has 0 spiro atoms. The monoisotopic (exact) mass is 400 g/mol. The van der Waals surface area contributed by atoms with Crippen molar-refractivity contribution < 1.29 is 83.2 Å². The molecule has 0 aromatic heterocycles. The fourth-order valence-corrected chi connectivity index (χ4v) is 0. The first-order valence-corrected chi connectivity index (χ1v) is 1.00. The van der Waals surface area contributed by atoms with Crippen LogP contribution in [0.4, 0.5) is 0 Å². The summed E-state index contributed by atoms with van der Waals surface area (Å²) in [5.41, 5.74) is 0. The van der Waals surface area contributed by atoms with Crippen LogP contribution in [0.5, 0.6) is 0 Å². The minimum absolute atomic E-state index is 0. The minimum atomic E-state index is 0. The Bertz CT molecular complexity index is 9.59. The summed E-state index contributed by atoms with van der Waals surface area (Å²) in [6, 6.07) is 0. The van der Waals surface area contributed by atoms with Crippen molar-refractivity contribution in [2.45, 2.75) is 0 Å². The standard InChI is InChI=1S/3H2O3.H2O.U/c3*1-3-2;;/h3*1-2H;1H2;/p-6. The molecule has 0 rings (SSSR count). The maximum Gasteiger partial charge on any atom is 0 e. The quantitative estimate of drug-likeness (QED) is 0.280. The first-order valence-electron chi connectivity index (χ1n) is 1.00. The summed E-state index contributed by atoms with van der Waals surface area (Å²) < 4.78 is 0. The van der Waals surface area contributed by atoms with Crippen LogP contribution in [0.25, 0.3) is 0 Å². The SMILES string of the molecule is O.[O-]O[O-].[O-]O[O-].[O-]O[O-].[U]. The van der Waals surface area contributed by atoms with Crippen LogP contribution in [0.1, 0.15) is 0 Å². The van der Waals surface area contributed by atoms with Gasteiger partial charge in [-0.3, -0.25) is 0 Å². The average molecular weight is 400 g/mol. The molecule has 0 aliphatic rings. The molecule has 0 heterocycles. The normalized spacial score (nSPS) is 4.91. The van der Waals surface area contributed by atoms with Gasteiger partial charge in [0.05, 0.1) is 0 Å². The molecule has 2 N–H and O–H groups in total. The Kier molecular flexibility index (Phi) is 202. The van der Waals surface area contributed by atoms with E-state index in [9.17, 15) is 0 Å². The van der Waals surface area contributed by atoms with E-state index >= 15 is 0 Å². The second-order valence-electron chi connectivity index (χ2n) is 0.204. The van der Waals surface area contributed by atoms with Crippen LogP contribution in [0.15, 0.2) is 0 Å². The number of hydrogen-bond donors (Lipinski definition) is 0. The second-order valence-corrected chi connectivity index (χ2v) is 0.204. The van der Waals surface area contributed by atoms with Crippen LogP contribution in [-0.4, -0.2) is 5.48 Å². The van der Waals surface area contributed by atoms with Crippen LogP contribution in [-0.2, 0) is 15.1 Å². The summed E-state index contributed by atoms with van der Waals surface area (Å²) in [5.74, 6) is 0. The molecule has 11 heavy (non-hydrogen) atoms. The van der Waals surface area contributed by atoms with E-state index in [4.69, 9.17) is 31.5 Å². The molecular weight excluding hydrogens is 398 g/mol. The van der Waals surface area contributed by atoms with Gasteiger partial charge in [0, 0.05) is 31.1 Å². The van der Waals surface area contributed by atoms with Gasteiger partial charge in [0.25, 0.3) is 0 Å². The van der Waals surface area contributed by atoms with Crippen molar-refractivity contribution in [3.8, 4) is 0 Å². The van der Waals surface area contributed by atoms with E-state index in [-0.39, 0.29) is 36.6 Å². The molecule has 0 aliphatic heterocycles. The molecule has 72 valence electrons. The molecule has 0 aliphatic carbocycles.